The van der Waals surface area contributed by atoms with Crippen LogP contribution in [0, 0.1) is 50.4 Å². The number of carbonyl (C=O) groups is 3. The summed E-state index contributed by atoms with van der Waals surface area (Å²) in [7, 11) is 1.33. The molecule has 8 bridgehead atoms. The van der Waals surface area contributed by atoms with Gasteiger partial charge in [0.15, 0.2) is 5.78 Å². The van der Waals surface area contributed by atoms with Crippen LogP contribution < -0.4 is 16.0 Å². The van der Waals surface area contributed by atoms with Crippen molar-refractivity contribution in [3.63, 3.8) is 0 Å². The normalized spacial score (nSPS) is 22.5. The van der Waals surface area contributed by atoms with E-state index >= 15 is 0 Å². The van der Waals surface area contributed by atoms with Crippen LogP contribution in [0.5, 0.6) is 0 Å². The van der Waals surface area contributed by atoms with Crippen LogP contribution >= 0.6 is 0 Å². The van der Waals surface area contributed by atoms with Gasteiger partial charge in [-0.25, -0.2) is 0 Å². The first kappa shape index (κ1) is 45.7. The molecule has 1 fully saturated rings. The van der Waals surface area contributed by atoms with Crippen molar-refractivity contribution in [2.45, 2.75) is 146 Å². The summed E-state index contributed by atoms with van der Waals surface area (Å²) in [6, 6.07) is 0. The topological polar surface area (TPSA) is 129 Å². The van der Waals surface area contributed by atoms with Crippen LogP contribution in [0.15, 0.2) is 23.0 Å². The molecule has 9 nitrogen and oxygen atoms in total. The monoisotopic (exact) mass is 833 g/mol. The maximum atomic E-state index is 14.4. The molecular weight excluding hydrogens is 761 g/mol. The van der Waals surface area contributed by atoms with E-state index in [9.17, 15) is 14.4 Å². The fourth-order valence-electron chi connectivity index (χ4n) is 10.3. The number of ketones is 1. The van der Waals surface area contributed by atoms with Gasteiger partial charge >= 0.3 is 11.9 Å². The number of esters is 2. The maximum absolute atomic E-state index is 14.4. The average Bonchev–Trinajstić information content (AvgIpc) is 3.97. The summed E-state index contributed by atoms with van der Waals surface area (Å²) >= 11 is 0. The van der Waals surface area contributed by atoms with E-state index in [2.05, 4.69) is 101 Å². The van der Waals surface area contributed by atoms with Gasteiger partial charge in [-0.05, 0) is 124 Å². The number of aromatic amines is 3. The van der Waals surface area contributed by atoms with Gasteiger partial charge in [0.1, 0.15) is 12.5 Å². The highest BCUT2D eigenvalue weighted by molar-refractivity contribution is 6.24. The first-order chi connectivity index (χ1) is 29.2. The highest BCUT2D eigenvalue weighted by Gasteiger charge is 2.48. The lowest BCUT2D eigenvalue weighted by molar-refractivity contribution is -0.143. The third kappa shape index (κ3) is 9.66. The molecule has 3 aromatic heterocycles. The number of hydrogen-bond acceptors (Lipinski definition) is 6. The first-order valence-electron chi connectivity index (χ1n) is 23.2. The number of nitrogens with one attached hydrogen (secondary N) is 4. The van der Waals surface area contributed by atoms with E-state index in [-0.39, 0.29) is 36.6 Å². The predicted octanol–water partition coefficient (Wildman–Crippen LogP) is 9.97. The standard InChI is InChI=1S/C52H72N4O5/c1-12-17-29(4)18-15-19-30(5)20-16-21-31(6)24-25-61-45(57)23-22-38-34(9)41-26-39-32(7)36(13-2)43(53-39)27-40-33(8)37(14-3)44(54-40)28-42-35(10)46-50(56-42)47(49(38)55-41)48(51(46)58)52(59)60-11/h24,26-30,34,38,48,53-56H,12-23,25H2,1-11H3/b31-24+,40-27-,41-26-,44-28-,49-47-/t29-,30-,34+,38+,48-/m1/s1. The van der Waals surface area contributed by atoms with Gasteiger partial charge in [0, 0.05) is 68.6 Å². The number of rotatable bonds is 18. The Kier molecular flexibility index (Phi) is 14.9. The third-order valence-corrected chi connectivity index (χ3v) is 14.1. The predicted molar refractivity (Wildman–Crippen MR) is 247 cm³/mol. The molecule has 2 aliphatic heterocycles. The number of allylic oxidation sites excluding steroid dienone is 3. The second-order valence-corrected chi connectivity index (χ2v) is 18.4. The minimum Gasteiger partial charge on any atom is -0.468 e. The zero-order valence-corrected chi connectivity index (χ0v) is 38.9. The number of hydrogen-bond donors (Lipinski definition) is 4. The molecule has 0 unspecified atom stereocenters. The van der Waals surface area contributed by atoms with Crippen LogP contribution in [0.4, 0.5) is 0 Å². The summed E-state index contributed by atoms with van der Waals surface area (Å²) in [6.07, 6.45) is 20.8. The zero-order valence-electron chi connectivity index (χ0n) is 38.9. The van der Waals surface area contributed by atoms with Crippen LogP contribution in [-0.4, -0.2) is 46.4 Å². The second kappa shape index (κ2) is 19.9. The number of H-pyrrole nitrogens is 3. The van der Waals surface area contributed by atoms with E-state index in [1.807, 2.05) is 13.0 Å². The molecule has 3 aromatic rings. The number of Topliss-reactive ketones (excluding diaryl/α,β-unsaturated/α-hetero) is 1. The zero-order chi connectivity index (χ0) is 44.1. The highest BCUT2D eigenvalue weighted by atomic mass is 16.5. The number of carbonyl (C=O) groups excluding carboxylic acids is 3. The van der Waals surface area contributed by atoms with E-state index < -0.39 is 11.9 Å². The van der Waals surface area contributed by atoms with Crippen LogP contribution in [0.25, 0.3) is 23.8 Å². The molecule has 3 aliphatic rings. The molecule has 0 aromatic carbocycles. The molecule has 0 amide bonds. The van der Waals surface area contributed by atoms with E-state index in [1.165, 1.54) is 73.5 Å². The minimum atomic E-state index is -1.13. The summed E-state index contributed by atoms with van der Waals surface area (Å²) < 4.78 is 11.1. The molecule has 330 valence electrons. The van der Waals surface area contributed by atoms with Gasteiger partial charge in [-0.2, -0.15) is 0 Å². The Bertz CT molecular complexity index is 2340. The summed E-state index contributed by atoms with van der Waals surface area (Å²) in [5, 5.41) is 5.76. The quantitative estimate of drug-likeness (QED) is 0.0574. The van der Waals surface area contributed by atoms with Crippen LogP contribution in [0.2, 0.25) is 0 Å². The first-order valence-corrected chi connectivity index (χ1v) is 23.2. The Morgan fingerprint density at radius 2 is 1.48 bits per heavy atom. The molecule has 1 aliphatic carbocycles. The smallest absolute Gasteiger partial charge is 0.321 e. The molecule has 0 saturated carbocycles. The van der Waals surface area contributed by atoms with Crippen molar-refractivity contribution in [1.29, 1.82) is 0 Å². The molecule has 5 heterocycles. The Labute approximate surface area is 364 Å². The van der Waals surface area contributed by atoms with Crippen molar-refractivity contribution in [3.8, 4) is 0 Å². The van der Waals surface area contributed by atoms with Crippen molar-refractivity contribution in [3.05, 3.63) is 89.9 Å². The van der Waals surface area contributed by atoms with Crippen molar-refractivity contribution < 1.29 is 23.9 Å². The van der Waals surface area contributed by atoms with Gasteiger partial charge in [0.05, 0.1) is 12.8 Å². The summed E-state index contributed by atoms with van der Waals surface area (Å²) in [5.74, 6) is -0.963. The molecule has 4 N–H and O–H groups in total. The van der Waals surface area contributed by atoms with Crippen molar-refractivity contribution in [2.75, 3.05) is 13.7 Å². The lowest BCUT2D eigenvalue weighted by Crippen LogP contribution is -2.25. The lowest BCUT2D eigenvalue weighted by atomic mass is 9.85. The fourth-order valence-corrected chi connectivity index (χ4v) is 10.3. The molecule has 0 spiro atoms. The fraction of sp³-hybridized carbons (Fsp3) is 0.558. The van der Waals surface area contributed by atoms with Gasteiger partial charge in [0.2, 0.25) is 0 Å². The molecule has 9 heteroatoms. The lowest BCUT2D eigenvalue weighted by Gasteiger charge is -2.19. The van der Waals surface area contributed by atoms with Crippen molar-refractivity contribution in [1.82, 2.24) is 20.3 Å². The Balaban J connectivity index is 1.28. The molecule has 5 atom stereocenters. The number of aromatic nitrogens is 3. The van der Waals surface area contributed by atoms with E-state index in [0.717, 1.165) is 82.3 Å². The second-order valence-electron chi connectivity index (χ2n) is 18.4. The van der Waals surface area contributed by atoms with Crippen LogP contribution in [0.1, 0.15) is 174 Å². The van der Waals surface area contributed by atoms with Gasteiger partial charge < -0.3 is 29.7 Å². The molecule has 61 heavy (non-hydrogen) atoms. The summed E-state index contributed by atoms with van der Waals surface area (Å²) in [6.45, 7) is 22.2. The third-order valence-electron chi connectivity index (χ3n) is 14.1. The van der Waals surface area contributed by atoms with Gasteiger partial charge in [0.25, 0.3) is 0 Å². The van der Waals surface area contributed by atoms with E-state index in [0.29, 0.717) is 23.3 Å². The van der Waals surface area contributed by atoms with Crippen LogP contribution in [-0.2, 0) is 31.9 Å². The maximum Gasteiger partial charge on any atom is 0.321 e. The van der Waals surface area contributed by atoms with E-state index in [1.54, 1.807) is 0 Å². The number of fused-ring (bicyclic) bond motifs is 7. The SMILES string of the molecule is CCC[C@@H](C)CCC[C@@H](C)CCC/C(C)=C/COC(=O)CC[C@@H]1/C2=C3/c4[nH]c(c(C)c4C(=O)[C@@H]3C(=O)OC)/C=c3\[nH]/c(c(C)c3CC)=C\c3[nH]c(c(C)c3CC)/C=C(\N2)[C@H]1C. The number of ether oxygens (including phenoxy) is 2. The van der Waals surface area contributed by atoms with Gasteiger partial charge in [-0.15, -0.1) is 0 Å². The molecule has 0 radical (unpaired) electrons. The minimum absolute atomic E-state index is 0.0603. The number of methoxy groups -OCH3 is 1. The Morgan fingerprint density at radius 1 is 0.803 bits per heavy atom. The highest BCUT2D eigenvalue weighted by Crippen LogP contribution is 2.48. The average molecular weight is 833 g/mol. The Morgan fingerprint density at radius 3 is 2.16 bits per heavy atom. The molecule has 1 saturated heterocycles. The van der Waals surface area contributed by atoms with Crippen molar-refractivity contribution in [2.24, 2.45) is 29.6 Å². The van der Waals surface area contributed by atoms with Crippen molar-refractivity contribution >= 4 is 41.5 Å². The largest absolute Gasteiger partial charge is 0.468 e. The summed E-state index contributed by atoms with van der Waals surface area (Å²) in [4.78, 5) is 52.4. The van der Waals surface area contributed by atoms with Gasteiger partial charge in [-0.3, -0.25) is 14.4 Å². The van der Waals surface area contributed by atoms with Crippen LogP contribution in [0.3, 0.4) is 0 Å². The molecular formula is C52H72N4O5. The van der Waals surface area contributed by atoms with Gasteiger partial charge in [-0.1, -0.05) is 85.6 Å². The van der Waals surface area contributed by atoms with E-state index in [4.69, 9.17) is 9.47 Å². The molecule has 6 rings (SSSR count). The Hall–Kier alpha value is -4.79. The summed E-state index contributed by atoms with van der Waals surface area (Å²) in [5.41, 5.74) is 13.2.